The number of hydrogen-bond acceptors (Lipinski definition) is 2. The Hall–Kier alpha value is -2.06. The van der Waals surface area contributed by atoms with Gasteiger partial charge in [0.1, 0.15) is 5.76 Å². The average Bonchev–Trinajstić information content (AvgIpc) is 2.99. The first kappa shape index (κ1) is 13.9. The highest BCUT2D eigenvalue weighted by Gasteiger charge is 2.13. The first-order valence-corrected chi connectivity index (χ1v) is 7.50. The van der Waals surface area contributed by atoms with Crippen LogP contribution in [-0.4, -0.2) is 6.04 Å². The van der Waals surface area contributed by atoms with Crippen LogP contribution in [0.3, 0.4) is 0 Å². The first-order chi connectivity index (χ1) is 10.2. The summed E-state index contributed by atoms with van der Waals surface area (Å²) in [6.45, 7) is 4.42. The normalized spacial score (nSPS) is 14.2. The highest BCUT2D eigenvalue weighted by Crippen LogP contribution is 2.24. The molecule has 3 aromatic rings. The molecule has 0 spiro atoms. The van der Waals surface area contributed by atoms with Crippen LogP contribution in [0, 0.1) is 0 Å². The number of rotatable bonds is 5. The van der Waals surface area contributed by atoms with Crippen molar-refractivity contribution >= 4 is 10.8 Å². The molecule has 2 aromatic carbocycles. The Labute approximate surface area is 125 Å². The third-order valence-electron chi connectivity index (χ3n) is 3.91. The lowest BCUT2D eigenvalue weighted by Gasteiger charge is -2.21. The molecule has 1 heterocycles. The Morgan fingerprint density at radius 3 is 2.57 bits per heavy atom. The third-order valence-corrected chi connectivity index (χ3v) is 3.91. The van der Waals surface area contributed by atoms with Crippen LogP contribution >= 0.6 is 0 Å². The van der Waals surface area contributed by atoms with E-state index in [4.69, 9.17) is 4.42 Å². The summed E-state index contributed by atoms with van der Waals surface area (Å²) in [6, 6.07) is 19.7. The first-order valence-electron chi connectivity index (χ1n) is 7.50. The van der Waals surface area contributed by atoms with E-state index in [1.54, 1.807) is 6.26 Å². The molecular formula is C19H21NO. The summed E-state index contributed by atoms with van der Waals surface area (Å²) in [7, 11) is 0. The molecular weight excluding hydrogens is 258 g/mol. The Morgan fingerprint density at radius 1 is 0.952 bits per heavy atom. The SMILES string of the molecule is CC(Cc1ccco1)NC(C)c1cccc2ccccc12. The van der Waals surface area contributed by atoms with E-state index in [-0.39, 0.29) is 0 Å². The Morgan fingerprint density at radius 2 is 1.76 bits per heavy atom. The lowest BCUT2D eigenvalue weighted by Crippen LogP contribution is -2.30. The summed E-state index contributed by atoms with van der Waals surface area (Å²) < 4.78 is 5.42. The van der Waals surface area contributed by atoms with Crippen molar-refractivity contribution in [3.05, 3.63) is 72.2 Å². The van der Waals surface area contributed by atoms with Crippen molar-refractivity contribution in [1.82, 2.24) is 5.32 Å². The molecule has 2 nitrogen and oxygen atoms in total. The molecule has 0 saturated heterocycles. The monoisotopic (exact) mass is 279 g/mol. The van der Waals surface area contributed by atoms with Crippen LogP contribution in [0.1, 0.15) is 31.2 Å². The fourth-order valence-electron chi connectivity index (χ4n) is 2.93. The summed E-state index contributed by atoms with van der Waals surface area (Å²) in [4.78, 5) is 0. The lowest BCUT2D eigenvalue weighted by atomic mass is 9.99. The topological polar surface area (TPSA) is 25.2 Å². The van der Waals surface area contributed by atoms with Crippen LogP contribution in [0.15, 0.2) is 65.3 Å². The molecule has 0 fully saturated rings. The zero-order valence-corrected chi connectivity index (χ0v) is 12.5. The Balaban J connectivity index is 1.76. The number of hydrogen-bond donors (Lipinski definition) is 1. The molecule has 0 aliphatic heterocycles. The summed E-state index contributed by atoms with van der Waals surface area (Å²) >= 11 is 0. The highest BCUT2D eigenvalue weighted by molar-refractivity contribution is 5.86. The molecule has 0 aliphatic rings. The van der Waals surface area contributed by atoms with Crippen LogP contribution in [-0.2, 0) is 6.42 Å². The van der Waals surface area contributed by atoms with Gasteiger partial charge >= 0.3 is 0 Å². The molecule has 21 heavy (non-hydrogen) atoms. The predicted molar refractivity (Wildman–Crippen MR) is 87.4 cm³/mol. The minimum Gasteiger partial charge on any atom is -0.469 e. The van der Waals surface area contributed by atoms with Crippen molar-refractivity contribution in [2.24, 2.45) is 0 Å². The molecule has 0 saturated carbocycles. The predicted octanol–water partition coefficient (Wildman–Crippen LogP) is 4.71. The zero-order valence-electron chi connectivity index (χ0n) is 12.5. The fourth-order valence-corrected chi connectivity index (χ4v) is 2.93. The van der Waals surface area contributed by atoms with Crippen LogP contribution in [0.4, 0.5) is 0 Å². The van der Waals surface area contributed by atoms with Gasteiger partial charge in [-0.25, -0.2) is 0 Å². The third kappa shape index (κ3) is 3.17. The van der Waals surface area contributed by atoms with E-state index in [0.29, 0.717) is 12.1 Å². The second kappa shape index (κ2) is 6.15. The Bertz CT molecular complexity index is 697. The quantitative estimate of drug-likeness (QED) is 0.731. The highest BCUT2D eigenvalue weighted by atomic mass is 16.3. The molecule has 2 atom stereocenters. The molecule has 3 rings (SSSR count). The maximum absolute atomic E-state index is 5.42. The van der Waals surface area contributed by atoms with E-state index in [0.717, 1.165) is 12.2 Å². The molecule has 2 unspecified atom stereocenters. The van der Waals surface area contributed by atoms with Gasteiger partial charge < -0.3 is 9.73 Å². The number of nitrogens with one attached hydrogen (secondary N) is 1. The number of fused-ring (bicyclic) bond motifs is 1. The van der Waals surface area contributed by atoms with Gasteiger partial charge in [0.25, 0.3) is 0 Å². The van der Waals surface area contributed by atoms with Crippen molar-refractivity contribution in [1.29, 1.82) is 0 Å². The molecule has 0 radical (unpaired) electrons. The van der Waals surface area contributed by atoms with Crippen molar-refractivity contribution < 1.29 is 4.42 Å². The van der Waals surface area contributed by atoms with Crippen molar-refractivity contribution in [2.45, 2.75) is 32.4 Å². The second-order valence-electron chi connectivity index (χ2n) is 5.64. The van der Waals surface area contributed by atoms with Crippen molar-refractivity contribution in [2.75, 3.05) is 0 Å². The van der Waals surface area contributed by atoms with Crippen LogP contribution in [0.2, 0.25) is 0 Å². The van der Waals surface area contributed by atoms with Gasteiger partial charge in [-0.2, -0.15) is 0 Å². The van der Waals surface area contributed by atoms with E-state index in [2.05, 4.69) is 61.6 Å². The van der Waals surface area contributed by atoms with Gasteiger partial charge in [0.15, 0.2) is 0 Å². The second-order valence-corrected chi connectivity index (χ2v) is 5.64. The van der Waals surface area contributed by atoms with Crippen molar-refractivity contribution in [3.63, 3.8) is 0 Å². The molecule has 0 bridgehead atoms. The smallest absolute Gasteiger partial charge is 0.105 e. The van der Waals surface area contributed by atoms with E-state index in [1.165, 1.54) is 16.3 Å². The minimum atomic E-state index is 0.307. The van der Waals surface area contributed by atoms with Crippen molar-refractivity contribution in [3.8, 4) is 0 Å². The number of furan rings is 1. The molecule has 0 aliphatic carbocycles. The summed E-state index contributed by atoms with van der Waals surface area (Å²) in [6.07, 6.45) is 2.64. The van der Waals surface area contributed by atoms with Gasteiger partial charge in [-0.15, -0.1) is 0 Å². The van der Waals surface area contributed by atoms with Crippen LogP contribution in [0.25, 0.3) is 10.8 Å². The van der Waals surface area contributed by atoms with E-state index in [9.17, 15) is 0 Å². The summed E-state index contributed by atoms with van der Waals surface area (Å²) in [5, 5.41) is 6.28. The zero-order chi connectivity index (χ0) is 14.7. The lowest BCUT2D eigenvalue weighted by molar-refractivity contribution is 0.430. The van der Waals surface area contributed by atoms with Gasteiger partial charge in [-0.05, 0) is 42.3 Å². The van der Waals surface area contributed by atoms with E-state index >= 15 is 0 Å². The van der Waals surface area contributed by atoms with Gasteiger partial charge in [-0.3, -0.25) is 0 Å². The average molecular weight is 279 g/mol. The molecule has 1 aromatic heterocycles. The summed E-state index contributed by atoms with van der Waals surface area (Å²) in [5.74, 6) is 1.03. The fraction of sp³-hybridized carbons (Fsp3) is 0.263. The van der Waals surface area contributed by atoms with Gasteiger partial charge in [0, 0.05) is 18.5 Å². The maximum atomic E-state index is 5.42. The van der Waals surface area contributed by atoms with Gasteiger partial charge in [-0.1, -0.05) is 42.5 Å². The summed E-state index contributed by atoms with van der Waals surface area (Å²) in [5.41, 5.74) is 1.35. The molecule has 2 heteroatoms. The van der Waals surface area contributed by atoms with E-state index < -0.39 is 0 Å². The minimum absolute atomic E-state index is 0.307. The number of benzene rings is 2. The standard InChI is InChI=1S/C19H21NO/c1-14(13-17-9-6-12-21-17)20-15(2)18-11-5-8-16-7-3-4-10-19(16)18/h3-12,14-15,20H,13H2,1-2H3. The van der Waals surface area contributed by atoms with Gasteiger partial charge in [0.2, 0.25) is 0 Å². The van der Waals surface area contributed by atoms with Crippen LogP contribution < -0.4 is 5.32 Å². The maximum Gasteiger partial charge on any atom is 0.105 e. The molecule has 0 amide bonds. The van der Waals surface area contributed by atoms with Gasteiger partial charge in [0.05, 0.1) is 6.26 Å². The molecule has 108 valence electrons. The molecule has 1 N–H and O–H groups in total. The Kier molecular flexibility index (Phi) is 4.07. The van der Waals surface area contributed by atoms with E-state index in [1.807, 2.05) is 12.1 Å². The van der Waals surface area contributed by atoms with Crippen LogP contribution in [0.5, 0.6) is 0 Å². The largest absolute Gasteiger partial charge is 0.469 e.